The SMILES string of the molecule is Cn1ccnc1-c1ccccn1.Cn1ccnc1-c1ccccn1.Oc1ccncc1.[Cl-].[Cl-].[Cl][Os]. The van der Waals surface area contributed by atoms with E-state index in [0.29, 0.717) is 0 Å². The van der Waals surface area contributed by atoms with Gasteiger partial charge < -0.3 is 39.1 Å². The Morgan fingerprint density at radius 2 is 1.06 bits per heavy atom. The fraction of sp³-hybridized carbons (Fsp3) is 0.0870. The number of nitrogens with zero attached hydrogens (tertiary/aromatic N) is 7. The topological polar surface area (TPSA) is 94.5 Å². The number of aryl methyl sites for hydroxylation is 2. The molecular weight excluding hydrogens is 687 g/mol. The fourth-order valence-electron chi connectivity index (χ4n) is 2.56. The minimum absolute atomic E-state index is 0. The van der Waals surface area contributed by atoms with Crippen molar-refractivity contribution in [1.29, 1.82) is 0 Å². The van der Waals surface area contributed by atoms with E-state index in [-0.39, 0.29) is 30.6 Å². The predicted molar refractivity (Wildman–Crippen MR) is 125 cm³/mol. The summed E-state index contributed by atoms with van der Waals surface area (Å²) in [5.41, 5.74) is 1.81. The van der Waals surface area contributed by atoms with Gasteiger partial charge in [0.25, 0.3) is 0 Å². The van der Waals surface area contributed by atoms with Crippen LogP contribution in [0.15, 0.2) is 98.1 Å². The van der Waals surface area contributed by atoms with Gasteiger partial charge in [0.2, 0.25) is 0 Å². The molecule has 8 nitrogen and oxygen atoms in total. The van der Waals surface area contributed by atoms with Gasteiger partial charge in [-0.1, -0.05) is 12.1 Å². The van der Waals surface area contributed by atoms with Crippen LogP contribution in [-0.4, -0.2) is 39.2 Å². The van der Waals surface area contributed by atoms with Crippen molar-refractivity contribution in [3.05, 3.63) is 98.1 Å². The standard InChI is InChI=1S/2C9H9N3.C5H5NO.3ClH.Os/c2*1-12-7-6-11-9(12)8-4-2-3-5-10-8;7-5-1-3-6-4-2-5;;;;/h2*2-7H,1H3;1-4H,(H,6,7);3*1H;/q;;;;;;+1/p-3. The summed E-state index contributed by atoms with van der Waals surface area (Å²) in [5.74, 6) is 2.06. The first-order valence-electron chi connectivity index (χ1n) is 9.65. The van der Waals surface area contributed by atoms with Crippen LogP contribution in [0.3, 0.4) is 0 Å². The van der Waals surface area contributed by atoms with Crippen LogP contribution in [0.2, 0.25) is 0 Å². The maximum atomic E-state index is 8.59. The van der Waals surface area contributed by atoms with Crippen molar-refractivity contribution in [2.45, 2.75) is 0 Å². The molecule has 0 amide bonds. The van der Waals surface area contributed by atoms with Crippen molar-refractivity contribution < 1.29 is 47.5 Å². The molecular formula is C23H23Cl3N7OOs-2. The summed E-state index contributed by atoms with van der Waals surface area (Å²) in [6.45, 7) is 0. The zero-order valence-corrected chi connectivity index (χ0v) is 23.6. The van der Waals surface area contributed by atoms with E-state index in [9.17, 15) is 0 Å². The third kappa shape index (κ3) is 11.0. The second-order valence-electron chi connectivity index (χ2n) is 6.36. The van der Waals surface area contributed by atoms with Crippen LogP contribution in [0.4, 0.5) is 0 Å². The van der Waals surface area contributed by atoms with Gasteiger partial charge in [0.05, 0.1) is 0 Å². The molecule has 0 saturated heterocycles. The first-order valence-corrected chi connectivity index (χ1v) is 12.8. The van der Waals surface area contributed by atoms with Crippen molar-refractivity contribution in [1.82, 2.24) is 34.1 Å². The second kappa shape index (κ2) is 18.5. The van der Waals surface area contributed by atoms with E-state index in [4.69, 9.17) is 5.11 Å². The molecule has 0 bridgehead atoms. The van der Waals surface area contributed by atoms with Crippen LogP contribution in [0, 0.1) is 0 Å². The van der Waals surface area contributed by atoms with E-state index in [2.05, 4.69) is 34.6 Å². The Bertz CT molecular complexity index is 1100. The van der Waals surface area contributed by atoms with Gasteiger partial charge in [0.1, 0.15) is 17.1 Å². The summed E-state index contributed by atoms with van der Waals surface area (Å²) in [7, 11) is 8.58. The van der Waals surface area contributed by atoms with E-state index in [1.165, 1.54) is 42.1 Å². The molecule has 0 unspecified atom stereocenters. The van der Waals surface area contributed by atoms with Crippen LogP contribution in [0.1, 0.15) is 0 Å². The molecule has 0 saturated carbocycles. The number of aromatic hydroxyl groups is 1. The number of hydrogen-bond acceptors (Lipinski definition) is 6. The molecule has 5 heterocycles. The van der Waals surface area contributed by atoms with Gasteiger partial charge in [-0.25, -0.2) is 9.97 Å². The van der Waals surface area contributed by atoms with E-state index in [1.54, 1.807) is 24.8 Å². The quantitative estimate of drug-likeness (QED) is 0.239. The molecule has 0 aliphatic carbocycles. The Labute approximate surface area is 231 Å². The summed E-state index contributed by atoms with van der Waals surface area (Å²) >= 11 is 1.33. The Hall–Kier alpha value is -2.82. The molecule has 0 atom stereocenters. The minimum atomic E-state index is 0. The first-order chi connectivity index (χ1) is 16.1. The average Bonchev–Trinajstić information content (AvgIpc) is 3.51. The number of aromatic nitrogens is 7. The fourth-order valence-corrected chi connectivity index (χ4v) is 2.56. The number of imidazole rings is 2. The van der Waals surface area contributed by atoms with Crippen LogP contribution in [0.5, 0.6) is 5.75 Å². The Morgan fingerprint density at radius 1 is 0.629 bits per heavy atom. The van der Waals surface area contributed by atoms with E-state index in [1.807, 2.05) is 72.0 Å². The molecule has 0 aliphatic rings. The zero-order chi connectivity index (χ0) is 23.9. The third-order valence-electron chi connectivity index (χ3n) is 4.09. The normalized spacial score (nSPS) is 8.80. The van der Waals surface area contributed by atoms with Crippen molar-refractivity contribution in [3.63, 3.8) is 0 Å². The molecule has 0 spiro atoms. The maximum absolute atomic E-state index is 8.59. The van der Waals surface area contributed by atoms with Gasteiger partial charge in [0, 0.05) is 63.7 Å². The molecule has 0 fully saturated rings. The summed E-state index contributed by atoms with van der Waals surface area (Å²) in [4.78, 5) is 20.5. The first kappa shape index (κ1) is 32.2. The van der Waals surface area contributed by atoms with Gasteiger partial charge in [-0.15, -0.1) is 0 Å². The van der Waals surface area contributed by atoms with Crippen LogP contribution in [-0.2, 0) is 31.7 Å². The Kier molecular flexibility index (Phi) is 17.0. The van der Waals surface area contributed by atoms with Gasteiger partial charge in [-0.3, -0.25) is 15.0 Å². The molecule has 0 aromatic carbocycles. The van der Waals surface area contributed by atoms with Crippen LogP contribution < -0.4 is 24.8 Å². The van der Waals surface area contributed by atoms with E-state index in [0.717, 1.165) is 23.0 Å². The average molecular weight is 710 g/mol. The molecule has 0 aliphatic heterocycles. The molecule has 0 radical (unpaired) electrons. The number of pyridine rings is 3. The van der Waals surface area contributed by atoms with E-state index >= 15 is 0 Å². The predicted octanol–water partition coefficient (Wildman–Crippen LogP) is -1.55. The zero-order valence-electron chi connectivity index (χ0n) is 18.8. The van der Waals surface area contributed by atoms with Crippen molar-refractivity contribution in [3.8, 4) is 28.8 Å². The van der Waals surface area contributed by atoms with Crippen molar-refractivity contribution in [2.24, 2.45) is 14.1 Å². The number of hydrogen-bond donors (Lipinski definition) is 1. The summed E-state index contributed by atoms with van der Waals surface area (Å²) < 4.78 is 3.89. The second-order valence-corrected chi connectivity index (χ2v) is 6.36. The van der Waals surface area contributed by atoms with Gasteiger partial charge in [-0.05, 0) is 36.4 Å². The van der Waals surface area contributed by atoms with E-state index < -0.39 is 0 Å². The monoisotopic (exact) mass is 710 g/mol. The third-order valence-corrected chi connectivity index (χ3v) is 4.09. The van der Waals surface area contributed by atoms with Gasteiger partial charge in [-0.2, -0.15) is 0 Å². The van der Waals surface area contributed by atoms with Crippen LogP contribution >= 0.6 is 9.64 Å². The van der Waals surface area contributed by atoms with Crippen molar-refractivity contribution >= 4 is 9.64 Å². The number of rotatable bonds is 2. The molecule has 5 rings (SSSR count). The molecule has 1 N–H and O–H groups in total. The Balaban J connectivity index is 0.000000480. The molecule has 187 valence electrons. The molecule has 35 heavy (non-hydrogen) atoms. The van der Waals surface area contributed by atoms with Crippen molar-refractivity contribution in [2.75, 3.05) is 0 Å². The summed E-state index contributed by atoms with van der Waals surface area (Å²) in [6.07, 6.45) is 14.0. The van der Waals surface area contributed by atoms with Gasteiger partial charge >= 0.3 is 27.2 Å². The molecule has 5 aromatic rings. The summed E-state index contributed by atoms with van der Waals surface area (Å²) in [6, 6.07) is 14.7. The van der Waals surface area contributed by atoms with Gasteiger partial charge in [0.15, 0.2) is 11.6 Å². The summed E-state index contributed by atoms with van der Waals surface area (Å²) in [5, 5.41) is 8.59. The Morgan fingerprint density at radius 3 is 1.31 bits per heavy atom. The van der Waals surface area contributed by atoms with Crippen LogP contribution in [0.25, 0.3) is 23.0 Å². The molecule has 5 aromatic heterocycles. The molecule has 12 heteroatoms. The number of halogens is 3.